The molecule has 0 saturated carbocycles. The van der Waals surface area contributed by atoms with Crippen LogP contribution in [0, 0.1) is 13.8 Å². The molecule has 2 aromatic rings. The first-order chi connectivity index (χ1) is 14.2. The number of esters is 1. The van der Waals surface area contributed by atoms with E-state index in [0.717, 1.165) is 10.6 Å². The average molecular weight is 470 g/mol. The molecule has 1 atom stereocenters. The molecule has 1 aromatic heterocycles. The lowest BCUT2D eigenvalue weighted by Crippen LogP contribution is -2.17. The standard InChI is InChI=1S/C21H24ClNO5S2/c1-14-11-19(15(2)23(14)17-8-10-30(26,27)13-17)20(24)12-28-21(25)7-9-29-18-5-3-16(22)4-6-18/h3-6,11,17H,7-10,12-13H2,1-2H3. The lowest BCUT2D eigenvalue weighted by molar-refractivity contribution is -0.141. The first-order valence-electron chi connectivity index (χ1n) is 9.62. The Balaban J connectivity index is 1.51. The fourth-order valence-corrected chi connectivity index (χ4v) is 6.34. The number of aromatic nitrogens is 1. The molecule has 2 heterocycles. The summed E-state index contributed by atoms with van der Waals surface area (Å²) in [5.41, 5.74) is 2.03. The Morgan fingerprint density at radius 1 is 1.23 bits per heavy atom. The molecule has 1 aromatic carbocycles. The van der Waals surface area contributed by atoms with Gasteiger partial charge < -0.3 is 9.30 Å². The van der Waals surface area contributed by atoms with E-state index < -0.39 is 15.8 Å². The molecule has 3 rings (SSSR count). The van der Waals surface area contributed by atoms with Gasteiger partial charge in [-0.25, -0.2) is 8.42 Å². The molecule has 1 saturated heterocycles. The second-order valence-corrected chi connectivity index (χ2v) is 11.2. The summed E-state index contributed by atoms with van der Waals surface area (Å²) in [6.45, 7) is 3.34. The van der Waals surface area contributed by atoms with Gasteiger partial charge in [0.2, 0.25) is 5.78 Å². The molecule has 1 aliphatic heterocycles. The summed E-state index contributed by atoms with van der Waals surface area (Å²) in [4.78, 5) is 25.6. The molecule has 0 amide bonds. The Morgan fingerprint density at radius 2 is 1.93 bits per heavy atom. The van der Waals surface area contributed by atoms with Gasteiger partial charge in [0.05, 0.1) is 17.9 Å². The van der Waals surface area contributed by atoms with Crippen LogP contribution in [0.3, 0.4) is 0 Å². The summed E-state index contributed by atoms with van der Waals surface area (Å²) in [5.74, 6) is 0.0923. The van der Waals surface area contributed by atoms with Crippen molar-refractivity contribution in [1.29, 1.82) is 0 Å². The van der Waals surface area contributed by atoms with Crippen LogP contribution in [-0.2, 0) is 19.4 Å². The Kier molecular flexibility index (Phi) is 7.31. The quantitative estimate of drug-likeness (QED) is 0.330. The van der Waals surface area contributed by atoms with Crippen LogP contribution < -0.4 is 0 Å². The van der Waals surface area contributed by atoms with E-state index in [1.165, 1.54) is 11.8 Å². The van der Waals surface area contributed by atoms with Crippen molar-refractivity contribution in [1.82, 2.24) is 4.57 Å². The lowest BCUT2D eigenvalue weighted by atomic mass is 10.1. The molecule has 162 valence electrons. The Morgan fingerprint density at radius 3 is 2.57 bits per heavy atom. The fourth-order valence-electron chi connectivity index (χ4n) is 3.68. The smallest absolute Gasteiger partial charge is 0.307 e. The monoisotopic (exact) mass is 469 g/mol. The number of nitrogens with zero attached hydrogens (tertiary/aromatic N) is 1. The topological polar surface area (TPSA) is 82.4 Å². The molecule has 0 aliphatic carbocycles. The Bertz CT molecular complexity index is 1040. The largest absolute Gasteiger partial charge is 0.457 e. The number of rotatable bonds is 8. The summed E-state index contributed by atoms with van der Waals surface area (Å²) in [6.07, 6.45) is 0.742. The highest BCUT2D eigenvalue weighted by atomic mass is 35.5. The molecular formula is C21H24ClNO5S2. The van der Waals surface area contributed by atoms with Crippen molar-refractivity contribution in [2.24, 2.45) is 0 Å². The maximum atomic E-state index is 12.6. The normalized spacial score (nSPS) is 17.8. The molecule has 1 unspecified atom stereocenters. The average Bonchev–Trinajstić information content (AvgIpc) is 3.19. The summed E-state index contributed by atoms with van der Waals surface area (Å²) >= 11 is 7.36. The van der Waals surface area contributed by atoms with Gasteiger partial charge in [-0.1, -0.05) is 11.6 Å². The Labute approximate surface area is 185 Å². The summed E-state index contributed by atoms with van der Waals surface area (Å²) < 4.78 is 30.7. The number of ketones is 1. The molecule has 0 radical (unpaired) electrons. The minimum Gasteiger partial charge on any atom is -0.457 e. The second-order valence-electron chi connectivity index (χ2n) is 7.35. The van der Waals surface area contributed by atoms with Gasteiger partial charge in [-0.3, -0.25) is 9.59 Å². The molecule has 0 spiro atoms. The number of hydrogen-bond donors (Lipinski definition) is 0. The molecule has 0 N–H and O–H groups in total. The summed E-state index contributed by atoms with van der Waals surface area (Å²) in [7, 11) is -3.02. The molecule has 0 bridgehead atoms. The van der Waals surface area contributed by atoms with Gasteiger partial charge in [0.25, 0.3) is 0 Å². The van der Waals surface area contributed by atoms with Crippen molar-refractivity contribution in [2.45, 2.75) is 37.6 Å². The van der Waals surface area contributed by atoms with Gasteiger partial charge in [-0.15, -0.1) is 11.8 Å². The van der Waals surface area contributed by atoms with E-state index in [1.807, 2.05) is 23.6 Å². The van der Waals surface area contributed by atoms with E-state index in [4.69, 9.17) is 16.3 Å². The maximum absolute atomic E-state index is 12.6. The van der Waals surface area contributed by atoms with Crippen molar-refractivity contribution in [3.63, 3.8) is 0 Å². The number of Topliss-reactive ketones (excluding diaryl/α,β-unsaturated/α-hetero) is 1. The number of halogens is 1. The van der Waals surface area contributed by atoms with Gasteiger partial charge in [0.15, 0.2) is 16.4 Å². The van der Waals surface area contributed by atoms with Gasteiger partial charge in [-0.05, 0) is 50.6 Å². The third-order valence-corrected chi connectivity index (χ3v) is 8.13. The van der Waals surface area contributed by atoms with Crippen LogP contribution in [0.15, 0.2) is 35.2 Å². The van der Waals surface area contributed by atoms with E-state index in [-0.39, 0.29) is 36.4 Å². The summed E-state index contributed by atoms with van der Waals surface area (Å²) in [5, 5.41) is 0.659. The molecule has 6 nitrogen and oxygen atoms in total. The third-order valence-electron chi connectivity index (χ3n) is 5.11. The highest BCUT2D eigenvalue weighted by Gasteiger charge is 2.31. The van der Waals surface area contributed by atoms with E-state index >= 15 is 0 Å². The van der Waals surface area contributed by atoms with Crippen LogP contribution in [-0.4, -0.2) is 48.6 Å². The SMILES string of the molecule is Cc1cc(C(=O)COC(=O)CCSc2ccc(Cl)cc2)c(C)n1C1CCS(=O)(=O)C1. The Hall–Kier alpha value is -1.77. The van der Waals surface area contributed by atoms with Crippen LogP contribution in [0.5, 0.6) is 0 Å². The fraction of sp³-hybridized carbons (Fsp3) is 0.429. The zero-order valence-electron chi connectivity index (χ0n) is 16.9. The zero-order chi connectivity index (χ0) is 21.9. The van der Waals surface area contributed by atoms with Crippen LogP contribution in [0.4, 0.5) is 0 Å². The van der Waals surface area contributed by atoms with Crippen LogP contribution in [0.25, 0.3) is 0 Å². The van der Waals surface area contributed by atoms with Crippen molar-refractivity contribution in [3.05, 3.63) is 52.3 Å². The van der Waals surface area contributed by atoms with Gasteiger partial charge in [0, 0.05) is 38.7 Å². The first-order valence-corrected chi connectivity index (χ1v) is 12.8. The van der Waals surface area contributed by atoms with Crippen molar-refractivity contribution in [2.75, 3.05) is 23.9 Å². The van der Waals surface area contributed by atoms with E-state index in [0.29, 0.717) is 28.5 Å². The van der Waals surface area contributed by atoms with Crippen molar-refractivity contribution < 1.29 is 22.7 Å². The number of sulfone groups is 1. The van der Waals surface area contributed by atoms with Crippen LogP contribution in [0.1, 0.15) is 40.6 Å². The number of aryl methyl sites for hydroxylation is 1. The third kappa shape index (κ3) is 5.68. The highest BCUT2D eigenvalue weighted by Crippen LogP contribution is 2.29. The van der Waals surface area contributed by atoms with Gasteiger partial charge in [-0.2, -0.15) is 0 Å². The van der Waals surface area contributed by atoms with E-state index in [2.05, 4.69) is 0 Å². The number of carbonyl (C=O) groups excluding carboxylic acids is 2. The zero-order valence-corrected chi connectivity index (χ0v) is 19.3. The number of carbonyl (C=O) groups is 2. The first kappa shape index (κ1) is 22.9. The predicted molar refractivity (Wildman–Crippen MR) is 118 cm³/mol. The van der Waals surface area contributed by atoms with Crippen LogP contribution >= 0.6 is 23.4 Å². The van der Waals surface area contributed by atoms with E-state index in [1.54, 1.807) is 25.1 Å². The maximum Gasteiger partial charge on any atom is 0.307 e. The molecule has 9 heteroatoms. The lowest BCUT2D eigenvalue weighted by Gasteiger charge is -2.16. The molecule has 1 fully saturated rings. The van der Waals surface area contributed by atoms with Gasteiger partial charge in [0.1, 0.15) is 0 Å². The second kappa shape index (κ2) is 9.58. The summed E-state index contributed by atoms with van der Waals surface area (Å²) in [6, 6.07) is 8.94. The highest BCUT2D eigenvalue weighted by molar-refractivity contribution is 7.99. The van der Waals surface area contributed by atoms with E-state index in [9.17, 15) is 18.0 Å². The predicted octanol–water partition coefficient (Wildman–Crippen LogP) is 4.03. The molecule has 1 aliphatic rings. The van der Waals surface area contributed by atoms with Crippen LogP contribution in [0.2, 0.25) is 5.02 Å². The molecular weight excluding hydrogens is 446 g/mol. The van der Waals surface area contributed by atoms with Gasteiger partial charge >= 0.3 is 5.97 Å². The minimum absolute atomic E-state index is 0.0945. The van der Waals surface area contributed by atoms with Crippen molar-refractivity contribution >= 4 is 45.0 Å². The minimum atomic E-state index is -3.02. The number of thioether (sulfide) groups is 1. The van der Waals surface area contributed by atoms with Crippen molar-refractivity contribution in [3.8, 4) is 0 Å². The number of ether oxygens (including phenoxy) is 1. The number of hydrogen-bond acceptors (Lipinski definition) is 6. The molecule has 30 heavy (non-hydrogen) atoms. The number of benzene rings is 1.